The number of hydrogen-bond acceptors (Lipinski definition) is 4. The number of rotatable bonds is 6. The van der Waals surface area contributed by atoms with Crippen LogP contribution in [0.4, 0.5) is 0 Å². The maximum atomic E-state index is 12.1. The van der Waals surface area contributed by atoms with Crippen molar-refractivity contribution in [3.05, 3.63) is 54.6 Å². The van der Waals surface area contributed by atoms with E-state index >= 15 is 0 Å². The minimum absolute atomic E-state index is 0.0750. The van der Waals surface area contributed by atoms with E-state index in [2.05, 4.69) is 16.2 Å². The molecule has 2 amide bonds. The Hall–Kier alpha value is -2.93. The van der Waals surface area contributed by atoms with Gasteiger partial charge in [-0.05, 0) is 42.6 Å². The minimum atomic E-state index is -0.403. The average Bonchev–Trinajstić information content (AvgIpc) is 3.24. The summed E-state index contributed by atoms with van der Waals surface area (Å²) in [6, 6.07) is 17.3. The second-order valence-electron chi connectivity index (χ2n) is 7.06. The first kappa shape index (κ1) is 20.8. The molecule has 0 heterocycles. The number of thiocarbonyl (C=S) groups is 1. The molecular weight excluding hydrogens is 386 g/mol. The third kappa shape index (κ3) is 6.57. The number of carbonyl (C=O) groups is 2. The fourth-order valence-electron chi connectivity index (χ4n) is 3.44. The second-order valence-corrected chi connectivity index (χ2v) is 7.46. The summed E-state index contributed by atoms with van der Waals surface area (Å²) in [6.07, 6.45) is 5.02. The van der Waals surface area contributed by atoms with E-state index < -0.39 is 5.91 Å². The minimum Gasteiger partial charge on any atom is -0.483 e. The highest BCUT2D eigenvalue weighted by molar-refractivity contribution is 7.80. The highest BCUT2D eigenvalue weighted by Crippen LogP contribution is 2.29. The van der Waals surface area contributed by atoms with Gasteiger partial charge in [0.2, 0.25) is 5.91 Å². The summed E-state index contributed by atoms with van der Waals surface area (Å²) in [7, 11) is 0. The molecule has 2 aromatic carbocycles. The van der Waals surface area contributed by atoms with E-state index in [0.29, 0.717) is 18.1 Å². The third-order valence-corrected chi connectivity index (χ3v) is 5.05. The van der Waals surface area contributed by atoms with E-state index in [1.807, 2.05) is 54.6 Å². The molecule has 0 aliphatic heterocycles. The van der Waals surface area contributed by atoms with Gasteiger partial charge in [0.05, 0.1) is 0 Å². The van der Waals surface area contributed by atoms with Crippen LogP contribution in [0.3, 0.4) is 0 Å². The quantitative estimate of drug-likeness (QED) is 0.502. The number of ether oxygens (including phenoxy) is 1. The zero-order valence-electron chi connectivity index (χ0n) is 16.1. The number of hydrogen-bond donors (Lipinski definition) is 3. The molecule has 0 radical (unpaired) electrons. The van der Waals surface area contributed by atoms with Gasteiger partial charge in [0.1, 0.15) is 5.75 Å². The van der Waals surface area contributed by atoms with Gasteiger partial charge in [-0.1, -0.05) is 61.4 Å². The van der Waals surface area contributed by atoms with Gasteiger partial charge < -0.3 is 10.1 Å². The van der Waals surface area contributed by atoms with Crippen LogP contribution in [0.2, 0.25) is 0 Å². The van der Waals surface area contributed by atoms with Crippen LogP contribution in [-0.2, 0) is 9.59 Å². The molecule has 7 heteroatoms. The van der Waals surface area contributed by atoms with E-state index in [-0.39, 0.29) is 17.6 Å². The number of nitrogens with one attached hydrogen (secondary N) is 3. The van der Waals surface area contributed by atoms with E-state index in [4.69, 9.17) is 17.0 Å². The van der Waals surface area contributed by atoms with Gasteiger partial charge in [-0.15, -0.1) is 0 Å². The van der Waals surface area contributed by atoms with Crippen molar-refractivity contribution < 1.29 is 14.3 Å². The van der Waals surface area contributed by atoms with Gasteiger partial charge in [-0.25, -0.2) is 0 Å². The molecule has 1 aliphatic rings. The highest BCUT2D eigenvalue weighted by atomic mass is 32.1. The molecule has 1 saturated carbocycles. The monoisotopic (exact) mass is 411 g/mol. The van der Waals surface area contributed by atoms with Crippen molar-refractivity contribution in [3.8, 4) is 16.9 Å². The lowest BCUT2D eigenvalue weighted by molar-refractivity contribution is -0.124. The lowest BCUT2D eigenvalue weighted by Crippen LogP contribution is -2.49. The normalized spacial score (nSPS) is 13.5. The number of benzene rings is 2. The lowest BCUT2D eigenvalue weighted by atomic mass is 10.0. The lowest BCUT2D eigenvalue weighted by Gasteiger charge is -2.14. The molecule has 152 valence electrons. The molecule has 0 atom stereocenters. The maximum Gasteiger partial charge on any atom is 0.276 e. The number of para-hydroxylation sites is 1. The smallest absolute Gasteiger partial charge is 0.276 e. The zero-order valence-corrected chi connectivity index (χ0v) is 17.0. The number of amides is 2. The fourth-order valence-corrected chi connectivity index (χ4v) is 3.61. The van der Waals surface area contributed by atoms with E-state index in [1.165, 1.54) is 12.8 Å². The van der Waals surface area contributed by atoms with Gasteiger partial charge in [-0.2, -0.15) is 0 Å². The van der Waals surface area contributed by atoms with Crippen molar-refractivity contribution in [2.75, 3.05) is 6.61 Å². The standard InChI is InChI=1S/C22H25N3O3S/c26-20(14-16-8-4-5-9-16)23-22(29)25-24-21(27)15-28-19-13-7-6-12-18(19)17-10-2-1-3-11-17/h1-3,6-7,10-13,16H,4-5,8-9,14-15H2,(H,24,27)(H2,23,25,26,29). The predicted molar refractivity (Wildman–Crippen MR) is 116 cm³/mol. The first-order valence-corrected chi connectivity index (χ1v) is 10.2. The van der Waals surface area contributed by atoms with Gasteiger partial charge in [-0.3, -0.25) is 20.4 Å². The Labute approximate surface area is 176 Å². The SMILES string of the molecule is O=C(COc1ccccc1-c1ccccc1)NNC(=S)NC(=O)CC1CCCC1. The molecule has 0 bridgehead atoms. The van der Waals surface area contributed by atoms with E-state index in [9.17, 15) is 9.59 Å². The van der Waals surface area contributed by atoms with E-state index in [0.717, 1.165) is 24.0 Å². The molecule has 0 saturated heterocycles. The largest absolute Gasteiger partial charge is 0.483 e. The molecule has 3 N–H and O–H groups in total. The summed E-state index contributed by atoms with van der Waals surface area (Å²) in [5, 5.41) is 2.67. The molecular formula is C22H25N3O3S. The summed E-state index contributed by atoms with van der Waals surface area (Å²) in [4.78, 5) is 24.0. The fraction of sp³-hybridized carbons (Fsp3) is 0.318. The van der Waals surface area contributed by atoms with Crippen LogP contribution in [0.1, 0.15) is 32.1 Å². The average molecular weight is 412 g/mol. The summed E-state index contributed by atoms with van der Waals surface area (Å²) in [5.74, 6) is 0.517. The summed E-state index contributed by atoms with van der Waals surface area (Å²) >= 11 is 5.05. The molecule has 0 aromatic heterocycles. The van der Waals surface area contributed by atoms with Crippen LogP contribution >= 0.6 is 12.2 Å². The van der Waals surface area contributed by atoms with Crippen molar-refractivity contribution in [1.29, 1.82) is 0 Å². The van der Waals surface area contributed by atoms with Crippen molar-refractivity contribution in [2.45, 2.75) is 32.1 Å². The van der Waals surface area contributed by atoms with Crippen LogP contribution in [0.25, 0.3) is 11.1 Å². The topological polar surface area (TPSA) is 79.5 Å². The predicted octanol–water partition coefficient (Wildman–Crippen LogP) is 3.33. The Kier molecular flexibility index (Phi) is 7.58. The molecule has 6 nitrogen and oxygen atoms in total. The first-order chi connectivity index (χ1) is 14.1. The Morgan fingerprint density at radius 2 is 1.62 bits per heavy atom. The highest BCUT2D eigenvalue weighted by Gasteiger charge is 2.19. The molecule has 2 aromatic rings. The second kappa shape index (κ2) is 10.6. The van der Waals surface area contributed by atoms with Crippen LogP contribution in [-0.4, -0.2) is 23.5 Å². The summed E-state index contributed by atoms with van der Waals surface area (Å²) in [6.45, 7) is -0.185. The molecule has 1 fully saturated rings. The van der Waals surface area contributed by atoms with Gasteiger partial charge in [0.15, 0.2) is 11.7 Å². The Morgan fingerprint density at radius 1 is 0.931 bits per heavy atom. The molecule has 0 unspecified atom stereocenters. The number of hydrazine groups is 1. The summed E-state index contributed by atoms with van der Waals surface area (Å²) in [5.41, 5.74) is 6.90. The Bertz CT molecular complexity index is 851. The summed E-state index contributed by atoms with van der Waals surface area (Å²) < 4.78 is 5.67. The molecule has 3 rings (SSSR count). The van der Waals surface area contributed by atoms with Gasteiger partial charge in [0, 0.05) is 12.0 Å². The van der Waals surface area contributed by atoms with Crippen LogP contribution in [0, 0.1) is 5.92 Å². The molecule has 29 heavy (non-hydrogen) atoms. The van der Waals surface area contributed by atoms with Crippen molar-refractivity contribution in [2.24, 2.45) is 5.92 Å². The number of carbonyl (C=O) groups excluding carboxylic acids is 2. The Morgan fingerprint density at radius 3 is 2.38 bits per heavy atom. The van der Waals surface area contributed by atoms with Crippen LogP contribution in [0.5, 0.6) is 5.75 Å². The third-order valence-electron chi connectivity index (χ3n) is 4.85. The van der Waals surface area contributed by atoms with Crippen molar-refractivity contribution >= 4 is 29.1 Å². The molecule has 0 spiro atoms. The van der Waals surface area contributed by atoms with Crippen molar-refractivity contribution in [1.82, 2.24) is 16.2 Å². The first-order valence-electron chi connectivity index (χ1n) is 9.78. The van der Waals surface area contributed by atoms with Gasteiger partial charge in [0.25, 0.3) is 5.91 Å². The van der Waals surface area contributed by atoms with Crippen molar-refractivity contribution in [3.63, 3.8) is 0 Å². The maximum absolute atomic E-state index is 12.1. The van der Waals surface area contributed by atoms with Crippen LogP contribution < -0.4 is 20.9 Å². The van der Waals surface area contributed by atoms with Crippen LogP contribution in [0.15, 0.2) is 54.6 Å². The van der Waals surface area contributed by atoms with E-state index in [1.54, 1.807) is 0 Å². The Balaban J connectivity index is 1.42. The molecule has 1 aliphatic carbocycles. The zero-order chi connectivity index (χ0) is 20.5. The van der Waals surface area contributed by atoms with Gasteiger partial charge >= 0.3 is 0 Å².